The minimum atomic E-state index is -0.112. The van der Waals surface area contributed by atoms with E-state index in [1.54, 1.807) is 7.11 Å². The van der Waals surface area contributed by atoms with E-state index in [4.69, 9.17) is 4.74 Å². The molecule has 0 aliphatic carbocycles. The summed E-state index contributed by atoms with van der Waals surface area (Å²) in [6, 6.07) is 16.3. The molecule has 1 amide bonds. The van der Waals surface area contributed by atoms with Crippen molar-refractivity contribution < 1.29 is 9.53 Å². The van der Waals surface area contributed by atoms with Gasteiger partial charge < -0.3 is 14.6 Å². The molecule has 0 radical (unpaired) electrons. The van der Waals surface area contributed by atoms with Gasteiger partial charge in [0.1, 0.15) is 11.6 Å². The van der Waals surface area contributed by atoms with Gasteiger partial charge in [0.2, 0.25) is 5.91 Å². The molecule has 4 rings (SSSR count). The third kappa shape index (κ3) is 6.24. The number of aromatic nitrogens is 4. The largest absolute Gasteiger partial charge is 0.497 e. The average Bonchev–Trinajstić information content (AvgIpc) is 3.45. The van der Waals surface area contributed by atoms with Crippen LogP contribution in [0, 0.1) is 6.92 Å². The normalized spacial score (nSPS) is 10.9. The highest BCUT2D eigenvalue weighted by molar-refractivity contribution is 7.99. The van der Waals surface area contributed by atoms with Crippen LogP contribution in [0.4, 0.5) is 5.13 Å². The minimum absolute atomic E-state index is 0.112. The molecule has 0 aliphatic rings. The number of nitrogens with zero attached hydrogens (tertiary/aromatic N) is 4. The van der Waals surface area contributed by atoms with E-state index in [1.807, 2.05) is 41.3 Å². The molecule has 2 aromatic carbocycles. The molecule has 9 heteroatoms. The quantitative estimate of drug-likeness (QED) is 0.307. The van der Waals surface area contributed by atoms with Crippen molar-refractivity contribution in [3.8, 4) is 17.0 Å². The maximum absolute atomic E-state index is 12.4. The van der Waals surface area contributed by atoms with Crippen LogP contribution in [0.5, 0.6) is 5.75 Å². The van der Waals surface area contributed by atoms with Crippen molar-refractivity contribution in [1.29, 1.82) is 0 Å². The van der Waals surface area contributed by atoms with E-state index in [-0.39, 0.29) is 11.7 Å². The topological polar surface area (TPSA) is 81.9 Å². The number of hydrogen-bond acceptors (Lipinski definition) is 7. The molecule has 0 fully saturated rings. The monoisotopic (exact) mass is 493 g/mol. The van der Waals surface area contributed by atoms with Gasteiger partial charge in [0, 0.05) is 24.4 Å². The van der Waals surface area contributed by atoms with E-state index in [0.29, 0.717) is 5.13 Å². The Morgan fingerprint density at radius 3 is 2.59 bits per heavy atom. The van der Waals surface area contributed by atoms with Crippen LogP contribution in [-0.4, -0.2) is 38.5 Å². The van der Waals surface area contributed by atoms with Crippen LogP contribution in [0.25, 0.3) is 11.3 Å². The standard InChI is InChI=1S/C25H27N5O2S2/c1-17-7-11-19(12-8-17)21-15-33-24(26-21)27-23(31)16-34-25-29-28-22(30(25)2)6-4-5-18-9-13-20(32-3)14-10-18/h7-15H,4-6,16H2,1-3H3,(H,26,27,31). The summed E-state index contributed by atoms with van der Waals surface area (Å²) in [4.78, 5) is 17.0. The van der Waals surface area contributed by atoms with Crippen molar-refractivity contribution in [2.45, 2.75) is 31.3 Å². The van der Waals surface area contributed by atoms with Crippen molar-refractivity contribution in [3.63, 3.8) is 0 Å². The molecule has 0 bridgehead atoms. The van der Waals surface area contributed by atoms with Crippen LogP contribution in [0.2, 0.25) is 0 Å². The molecular weight excluding hydrogens is 466 g/mol. The van der Waals surface area contributed by atoms with E-state index >= 15 is 0 Å². The Morgan fingerprint density at radius 2 is 1.85 bits per heavy atom. The van der Waals surface area contributed by atoms with Gasteiger partial charge in [-0.3, -0.25) is 4.79 Å². The van der Waals surface area contributed by atoms with Crippen LogP contribution in [0.15, 0.2) is 59.1 Å². The van der Waals surface area contributed by atoms with Crippen molar-refractivity contribution in [1.82, 2.24) is 19.7 Å². The first kappa shape index (κ1) is 24.0. The highest BCUT2D eigenvalue weighted by Gasteiger charge is 2.13. The molecule has 0 aliphatic heterocycles. The number of benzene rings is 2. The van der Waals surface area contributed by atoms with Gasteiger partial charge in [0.05, 0.1) is 18.6 Å². The minimum Gasteiger partial charge on any atom is -0.497 e. The number of thiazole rings is 1. The Bertz CT molecular complexity index is 1230. The molecule has 4 aromatic rings. The number of ether oxygens (including phenoxy) is 1. The van der Waals surface area contributed by atoms with Crippen molar-refractivity contribution in [3.05, 3.63) is 70.9 Å². The summed E-state index contributed by atoms with van der Waals surface area (Å²) in [5, 5.41) is 14.7. The van der Waals surface area contributed by atoms with E-state index in [1.165, 1.54) is 34.2 Å². The van der Waals surface area contributed by atoms with Crippen molar-refractivity contribution in [2.75, 3.05) is 18.2 Å². The van der Waals surface area contributed by atoms with Gasteiger partial charge in [-0.2, -0.15) is 0 Å². The Kier molecular flexibility index (Phi) is 7.97. The Labute approximate surface area is 207 Å². The zero-order chi connectivity index (χ0) is 23.9. The summed E-state index contributed by atoms with van der Waals surface area (Å²) in [5.41, 5.74) is 4.37. The van der Waals surface area contributed by atoms with Gasteiger partial charge in [0.25, 0.3) is 0 Å². The molecular formula is C25H27N5O2S2. The first-order chi connectivity index (χ1) is 16.5. The molecule has 0 unspecified atom stereocenters. The number of anilines is 1. The lowest BCUT2D eigenvalue weighted by Crippen LogP contribution is -2.14. The molecule has 1 N–H and O–H groups in total. The highest BCUT2D eigenvalue weighted by atomic mass is 32.2. The van der Waals surface area contributed by atoms with Crippen LogP contribution in [0.1, 0.15) is 23.4 Å². The van der Waals surface area contributed by atoms with Crippen molar-refractivity contribution in [2.24, 2.45) is 7.05 Å². The maximum Gasteiger partial charge on any atom is 0.236 e. The van der Waals surface area contributed by atoms with Gasteiger partial charge in [-0.05, 0) is 37.5 Å². The van der Waals surface area contributed by atoms with Crippen LogP contribution in [-0.2, 0) is 24.7 Å². The first-order valence-electron chi connectivity index (χ1n) is 11.0. The molecule has 2 aromatic heterocycles. The Balaban J connectivity index is 1.24. The summed E-state index contributed by atoms with van der Waals surface area (Å²) in [6.45, 7) is 2.05. The molecule has 2 heterocycles. The number of aryl methyl sites for hydroxylation is 3. The molecule has 7 nitrogen and oxygen atoms in total. The fourth-order valence-electron chi connectivity index (χ4n) is 3.40. The Hall–Kier alpha value is -3.17. The average molecular weight is 494 g/mol. The number of carbonyl (C=O) groups is 1. The predicted octanol–water partition coefficient (Wildman–Crippen LogP) is 5.16. The number of thioether (sulfide) groups is 1. The summed E-state index contributed by atoms with van der Waals surface area (Å²) in [5.74, 6) is 1.92. The fourth-order valence-corrected chi connectivity index (χ4v) is 4.87. The van der Waals surface area contributed by atoms with Gasteiger partial charge in [-0.1, -0.05) is 53.7 Å². The number of hydrogen-bond donors (Lipinski definition) is 1. The number of nitrogens with one attached hydrogen (secondary N) is 1. The van der Waals surface area contributed by atoms with E-state index in [0.717, 1.165) is 47.3 Å². The summed E-state index contributed by atoms with van der Waals surface area (Å²) < 4.78 is 7.17. The molecule has 0 spiro atoms. The first-order valence-corrected chi connectivity index (χ1v) is 12.8. The zero-order valence-corrected chi connectivity index (χ0v) is 21.1. The molecule has 0 saturated carbocycles. The summed E-state index contributed by atoms with van der Waals surface area (Å²) in [7, 11) is 3.61. The lowest BCUT2D eigenvalue weighted by Gasteiger charge is -2.05. The maximum atomic E-state index is 12.4. The second-order valence-electron chi connectivity index (χ2n) is 7.90. The number of amides is 1. The molecule has 0 atom stereocenters. The van der Waals surface area contributed by atoms with Gasteiger partial charge >= 0.3 is 0 Å². The van der Waals surface area contributed by atoms with Crippen LogP contribution < -0.4 is 10.1 Å². The predicted molar refractivity (Wildman–Crippen MR) is 138 cm³/mol. The lowest BCUT2D eigenvalue weighted by molar-refractivity contribution is -0.113. The van der Waals surface area contributed by atoms with Gasteiger partial charge in [0.15, 0.2) is 10.3 Å². The second-order valence-corrected chi connectivity index (χ2v) is 9.70. The SMILES string of the molecule is COc1ccc(CCCc2nnc(SCC(=O)Nc3nc(-c4ccc(C)cc4)cs3)n2C)cc1. The van der Waals surface area contributed by atoms with Crippen molar-refractivity contribution >= 4 is 34.1 Å². The number of carbonyl (C=O) groups excluding carboxylic acids is 1. The van der Waals surface area contributed by atoms with Gasteiger partial charge in [-0.25, -0.2) is 4.98 Å². The summed E-state index contributed by atoms with van der Waals surface area (Å²) in [6.07, 6.45) is 2.75. The number of methoxy groups -OCH3 is 1. The third-order valence-corrected chi connectivity index (χ3v) is 7.16. The molecule has 176 valence electrons. The smallest absolute Gasteiger partial charge is 0.236 e. The highest BCUT2D eigenvalue weighted by Crippen LogP contribution is 2.25. The van der Waals surface area contributed by atoms with E-state index < -0.39 is 0 Å². The van der Waals surface area contributed by atoms with Crippen LogP contribution >= 0.6 is 23.1 Å². The van der Waals surface area contributed by atoms with Gasteiger partial charge in [-0.15, -0.1) is 21.5 Å². The Morgan fingerprint density at radius 1 is 1.09 bits per heavy atom. The van der Waals surface area contributed by atoms with Crippen LogP contribution in [0.3, 0.4) is 0 Å². The number of rotatable bonds is 10. The lowest BCUT2D eigenvalue weighted by atomic mass is 10.1. The second kappa shape index (κ2) is 11.3. The molecule has 0 saturated heterocycles. The van der Waals surface area contributed by atoms with E-state index in [9.17, 15) is 4.79 Å². The molecule has 34 heavy (non-hydrogen) atoms. The third-order valence-electron chi connectivity index (χ3n) is 5.38. The van der Waals surface area contributed by atoms with E-state index in [2.05, 4.69) is 51.7 Å². The summed E-state index contributed by atoms with van der Waals surface area (Å²) >= 11 is 2.80. The fraction of sp³-hybridized carbons (Fsp3) is 0.280. The zero-order valence-electron chi connectivity index (χ0n) is 19.4.